The van der Waals surface area contributed by atoms with Crippen LogP contribution in [0.25, 0.3) is 0 Å². The Labute approximate surface area is 124 Å². The molecular formula is C16H20N2O3. The average Bonchev–Trinajstić information content (AvgIpc) is 2.97. The molecule has 0 amide bonds. The molecule has 0 atom stereocenters. The molecule has 2 rings (SSSR count). The maximum absolute atomic E-state index is 11.4. The highest BCUT2D eigenvalue weighted by molar-refractivity contribution is 5.86. The van der Waals surface area contributed by atoms with Gasteiger partial charge in [-0.05, 0) is 31.9 Å². The van der Waals surface area contributed by atoms with Gasteiger partial charge >= 0.3 is 5.97 Å². The van der Waals surface area contributed by atoms with Gasteiger partial charge in [-0.2, -0.15) is 0 Å². The topological polar surface area (TPSA) is 64.4 Å². The Balaban J connectivity index is 1.66. The van der Waals surface area contributed by atoms with Crippen LogP contribution >= 0.6 is 0 Å². The third-order valence-electron chi connectivity index (χ3n) is 2.97. The number of rotatable bonds is 8. The van der Waals surface area contributed by atoms with Crippen molar-refractivity contribution >= 4 is 5.97 Å². The van der Waals surface area contributed by atoms with Gasteiger partial charge in [0.2, 0.25) is 5.89 Å². The minimum Gasteiger partial charge on any atom is -0.461 e. The zero-order valence-electron chi connectivity index (χ0n) is 12.2. The first-order valence-corrected chi connectivity index (χ1v) is 7.15. The summed E-state index contributed by atoms with van der Waals surface area (Å²) in [6.45, 7) is 3.46. The number of hydrogen-bond donors (Lipinski definition) is 1. The van der Waals surface area contributed by atoms with Crippen molar-refractivity contribution in [2.45, 2.75) is 26.3 Å². The number of nitrogens with zero attached hydrogens (tertiary/aromatic N) is 1. The number of aromatic nitrogens is 1. The second kappa shape index (κ2) is 8.21. The van der Waals surface area contributed by atoms with E-state index in [9.17, 15) is 4.79 Å². The molecule has 21 heavy (non-hydrogen) atoms. The molecule has 112 valence electrons. The maximum Gasteiger partial charge on any atom is 0.360 e. The third-order valence-corrected chi connectivity index (χ3v) is 2.97. The lowest BCUT2D eigenvalue weighted by Crippen LogP contribution is -2.15. The molecule has 0 saturated heterocycles. The van der Waals surface area contributed by atoms with Crippen LogP contribution in [0.5, 0.6) is 0 Å². The van der Waals surface area contributed by atoms with E-state index in [1.807, 2.05) is 18.2 Å². The molecule has 0 aliphatic rings. The van der Waals surface area contributed by atoms with Crippen LogP contribution in [0.3, 0.4) is 0 Å². The van der Waals surface area contributed by atoms with Crippen molar-refractivity contribution in [2.24, 2.45) is 0 Å². The molecule has 0 aliphatic carbocycles. The summed E-state index contributed by atoms with van der Waals surface area (Å²) in [5, 5.41) is 3.25. The van der Waals surface area contributed by atoms with Gasteiger partial charge in [0, 0.05) is 0 Å². The molecule has 0 radical (unpaired) electrons. The Morgan fingerprint density at radius 1 is 1.33 bits per heavy atom. The summed E-state index contributed by atoms with van der Waals surface area (Å²) in [4.78, 5) is 15.5. The predicted molar refractivity (Wildman–Crippen MR) is 78.9 cm³/mol. The Kier molecular flexibility index (Phi) is 5.97. The van der Waals surface area contributed by atoms with Gasteiger partial charge in [-0.25, -0.2) is 9.78 Å². The van der Waals surface area contributed by atoms with Gasteiger partial charge in [0.05, 0.1) is 13.2 Å². The van der Waals surface area contributed by atoms with Crippen LogP contribution in [-0.2, 0) is 17.7 Å². The Morgan fingerprint density at radius 2 is 2.14 bits per heavy atom. The largest absolute Gasteiger partial charge is 0.461 e. The highest BCUT2D eigenvalue weighted by Gasteiger charge is 2.12. The smallest absolute Gasteiger partial charge is 0.360 e. The van der Waals surface area contributed by atoms with Crippen molar-refractivity contribution in [1.29, 1.82) is 0 Å². The second-order valence-electron chi connectivity index (χ2n) is 4.61. The van der Waals surface area contributed by atoms with Crippen LogP contribution in [0.1, 0.15) is 35.3 Å². The number of esters is 1. The summed E-state index contributed by atoms with van der Waals surface area (Å²) < 4.78 is 10.1. The van der Waals surface area contributed by atoms with Crippen LogP contribution < -0.4 is 5.32 Å². The number of hydrogen-bond acceptors (Lipinski definition) is 5. The van der Waals surface area contributed by atoms with Crippen LogP contribution in [0.15, 0.2) is 41.0 Å². The summed E-state index contributed by atoms with van der Waals surface area (Å²) in [7, 11) is 0. The zero-order chi connectivity index (χ0) is 14.9. The monoisotopic (exact) mass is 288 g/mol. The molecule has 1 N–H and O–H groups in total. The van der Waals surface area contributed by atoms with Gasteiger partial charge in [-0.15, -0.1) is 0 Å². The lowest BCUT2D eigenvalue weighted by Gasteiger charge is -2.02. The van der Waals surface area contributed by atoms with Gasteiger partial charge < -0.3 is 14.5 Å². The standard InChI is InChI=1S/C16H20N2O3/c1-2-20-16(19)14-12-21-15(18-14)11-17-10-6-9-13-7-4-3-5-8-13/h3-5,7-8,12,17H,2,6,9-11H2,1H3. The van der Waals surface area contributed by atoms with Crippen LogP contribution in [0, 0.1) is 0 Å². The van der Waals surface area contributed by atoms with E-state index in [-0.39, 0.29) is 5.69 Å². The number of oxazole rings is 1. The van der Waals surface area contributed by atoms with Crippen LogP contribution in [0.2, 0.25) is 0 Å². The van der Waals surface area contributed by atoms with Crippen molar-refractivity contribution in [3.05, 3.63) is 53.7 Å². The van der Waals surface area contributed by atoms with E-state index in [2.05, 4.69) is 22.4 Å². The molecule has 1 aromatic carbocycles. The summed E-state index contributed by atoms with van der Waals surface area (Å²) in [5.74, 6) is 0.0503. The van der Waals surface area contributed by atoms with Crippen molar-refractivity contribution in [2.75, 3.05) is 13.2 Å². The van der Waals surface area contributed by atoms with E-state index in [1.165, 1.54) is 11.8 Å². The van der Waals surface area contributed by atoms with Crippen molar-refractivity contribution in [3.63, 3.8) is 0 Å². The average molecular weight is 288 g/mol. The fraction of sp³-hybridized carbons (Fsp3) is 0.375. The van der Waals surface area contributed by atoms with E-state index in [1.54, 1.807) is 6.92 Å². The Morgan fingerprint density at radius 3 is 2.90 bits per heavy atom. The number of carbonyl (C=O) groups excluding carboxylic acids is 1. The van der Waals surface area contributed by atoms with E-state index >= 15 is 0 Å². The van der Waals surface area contributed by atoms with Crippen LogP contribution in [-0.4, -0.2) is 24.1 Å². The Hall–Kier alpha value is -2.14. The number of benzene rings is 1. The molecule has 0 spiro atoms. The van der Waals surface area contributed by atoms with Gasteiger partial charge in [-0.3, -0.25) is 0 Å². The molecule has 1 heterocycles. The molecule has 5 heteroatoms. The lowest BCUT2D eigenvalue weighted by atomic mass is 10.1. The van der Waals surface area contributed by atoms with Crippen molar-refractivity contribution in [3.8, 4) is 0 Å². The van der Waals surface area contributed by atoms with Gasteiger partial charge in [0.1, 0.15) is 6.26 Å². The molecule has 0 unspecified atom stereocenters. The fourth-order valence-electron chi connectivity index (χ4n) is 1.95. The molecule has 0 aliphatic heterocycles. The highest BCUT2D eigenvalue weighted by Crippen LogP contribution is 2.04. The summed E-state index contributed by atoms with van der Waals surface area (Å²) in [6, 6.07) is 10.4. The maximum atomic E-state index is 11.4. The van der Waals surface area contributed by atoms with E-state index < -0.39 is 5.97 Å². The molecule has 1 aromatic heterocycles. The summed E-state index contributed by atoms with van der Waals surface area (Å²) in [6.07, 6.45) is 3.40. The molecule has 0 bridgehead atoms. The second-order valence-corrected chi connectivity index (χ2v) is 4.61. The van der Waals surface area contributed by atoms with Crippen molar-refractivity contribution < 1.29 is 13.9 Å². The van der Waals surface area contributed by atoms with E-state index in [0.717, 1.165) is 19.4 Å². The van der Waals surface area contributed by atoms with Gasteiger partial charge in [0.25, 0.3) is 0 Å². The lowest BCUT2D eigenvalue weighted by molar-refractivity contribution is 0.0519. The van der Waals surface area contributed by atoms with E-state index in [4.69, 9.17) is 9.15 Å². The number of ether oxygens (including phenoxy) is 1. The zero-order valence-corrected chi connectivity index (χ0v) is 12.2. The first kappa shape index (κ1) is 15.3. The van der Waals surface area contributed by atoms with Crippen LogP contribution in [0.4, 0.5) is 0 Å². The summed E-state index contributed by atoms with van der Waals surface area (Å²) >= 11 is 0. The van der Waals surface area contributed by atoms with Gasteiger partial charge in [-0.1, -0.05) is 30.3 Å². The van der Waals surface area contributed by atoms with E-state index in [0.29, 0.717) is 19.0 Å². The predicted octanol–water partition coefficient (Wildman–Crippen LogP) is 2.57. The molecule has 0 fully saturated rings. The Bertz CT molecular complexity index is 552. The third kappa shape index (κ3) is 5.04. The molecule has 2 aromatic rings. The summed E-state index contributed by atoms with van der Waals surface area (Å²) in [5.41, 5.74) is 1.55. The molecule has 5 nitrogen and oxygen atoms in total. The van der Waals surface area contributed by atoms with Gasteiger partial charge in [0.15, 0.2) is 5.69 Å². The SMILES string of the molecule is CCOC(=O)c1coc(CNCCCc2ccccc2)n1. The number of aryl methyl sites for hydroxylation is 1. The fourth-order valence-corrected chi connectivity index (χ4v) is 1.95. The minimum absolute atomic E-state index is 0.220. The molecular weight excluding hydrogens is 268 g/mol. The highest BCUT2D eigenvalue weighted by atomic mass is 16.5. The number of carbonyl (C=O) groups is 1. The number of nitrogens with one attached hydrogen (secondary N) is 1. The first-order chi connectivity index (χ1) is 10.3. The normalized spacial score (nSPS) is 10.5. The quantitative estimate of drug-likeness (QED) is 0.597. The van der Waals surface area contributed by atoms with Crippen molar-refractivity contribution in [1.82, 2.24) is 10.3 Å². The minimum atomic E-state index is -0.448. The molecule has 0 saturated carbocycles. The first-order valence-electron chi connectivity index (χ1n) is 7.15.